The van der Waals surface area contributed by atoms with Gasteiger partial charge in [0.15, 0.2) is 0 Å². The molecule has 0 amide bonds. The number of aryl methyl sites for hydroxylation is 2. The van der Waals surface area contributed by atoms with Crippen LogP contribution in [0.5, 0.6) is 0 Å². The maximum Gasteiger partial charge on any atom is 0.255 e. The van der Waals surface area contributed by atoms with Crippen LogP contribution >= 0.6 is 11.8 Å². The lowest BCUT2D eigenvalue weighted by Gasteiger charge is -2.01. The van der Waals surface area contributed by atoms with E-state index in [1.165, 1.54) is 36.7 Å². The predicted octanol–water partition coefficient (Wildman–Crippen LogP) is 2.41. The van der Waals surface area contributed by atoms with Crippen LogP contribution in [0.3, 0.4) is 0 Å². The summed E-state index contributed by atoms with van der Waals surface area (Å²) in [7, 11) is 2.13. The molecule has 0 aromatic carbocycles. The molecule has 1 rings (SSSR count). The third kappa shape index (κ3) is 3.90. The number of unbranched alkanes of at least 4 members (excludes halogenated alkanes) is 1. The highest BCUT2D eigenvalue weighted by atomic mass is 32.2. The predicted molar refractivity (Wildman–Crippen MR) is 67.2 cm³/mol. The van der Waals surface area contributed by atoms with Gasteiger partial charge in [-0.05, 0) is 24.3 Å². The molecule has 15 heavy (non-hydrogen) atoms. The third-order valence-corrected chi connectivity index (χ3v) is 3.65. The molecule has 0 N–H and O–H groups in total. The van der Waals surface area contributed by atoms with E-state index >= 15 is 0 Å². The molecule has 0 saturated carbocycles. The van der Waals surface area contributed by atoms with Crippen LogP contribution in [0.15, 0.2) is 12.4 Å². The Morgan fingerprint density at radius 2 is 2.13 bits per heavy atom. The quantitative estimate of drug-likeness (QED) is 0.513. The van der Waals surface area contributed by atoms with Gasteiger partial charge in [0.1, 0.15) is 12.4 Å². The first-order chi connectivity index (χ1) is 7.29. The summed E-state index contributed by atoms with van der Waals surface area (Å²) in [5.41, 5.74) is 0. The molecule has 0 aliphatic heterocycles. The summed E-state index contributed by atoms with van der Waals surface area (Å²) < 4.78 is 4.61. The van der Waals surface area contributed by atoms with Crippen LogP contribution in [0, 0.1) is 0 Å². The molecule has 1 heterocycles. The molecule has 0 bridgehead atoms. The lowest BCUT2D eigenvalue weighted by atomic mass is 10.3. The number of rotatable bonds is 7. The normalized spacial score (nSPS) is 10.9. The summed E-state index contributed by atoms with van der Waals surface area (Å²) in [6.45, 7) is 5.62. The van der Waals surface area contributed by atoms with Crippen LogP contribution in [0.25, 0.3) is 0 Å². The number of aromatic nitrogens is 2. The minimum Gasteiger partial charge on any atom is -0.237 e. The SMILES string of the molecule is CCSCCCCn1cc[n+](C)c1CC. The van der Waals surface area contributed by atoms with Crippen molar-refractivity contribution in [2.24, 2.45) is 7.05 Å². The van der Waals surface area contributed by atoms with E-state index in [2.05, 4.69) is 42.4 Å². The van der Waals surface area contributed by atoms with E-state index < -0.39 is 0 Å². The number of thioether (sulfide) groups is 1. The van der Waals surface area contributed by atoms with Crippen molar-refractivity contribution in [1.29, 1.82) is 0 Å². The number of imidazole rings is 1. The third-order valence-electron chi connectivity index (χ3n) is 2.67. The maximum absolute atomic E-state index is 2.39. The second kappa shape index (κ2) is 6.94. The molecule has 0 aliphatic rings. The minimum atomic E-state index is 1.12. The van der Waals surface area contributed by atoms with E-state index in [4.69, 9.17) is 0 Å². The van der Waals surface area contributed by atoms with Gasteiger partial charge >= 0.3 is 0 Å². The zero-order valence-corrected chi connectivity index (χ0v) is 11.0. The molecule has 2 nitrogen and oxygen atoms in total. The molecule has 1 aromatic rings. The molecule has 0 spiro atoms. The summed E-state index contributed by atoms with van der Waals surface area (Å²) >= 11 is 2.04. The van der Waals surface area contributed by atoms with Crippen LogP contribution in [-0.2, 0) is 20.0 Å². The monoisotopic (exact) mass is 227 g/mol. The van der Waals surface area contributed by atoms with Gasteiger partial charge in [-0.3, -0.25) is 0 Å². The molecular formula is C12H23N2S+. The lowest BCUT2D eigenvalue weighted by Crippen LogP contribution is -2.31. The van der Waals surface area contributed by atoms with Crippen molar-refractivity contribution >= 4 is 11.8 Å². The van der Waals surface area contributed by atoms with E-state index in [0.29, 0.717) is 0 Å². The highest BCUT2D eigenvalue weighted by Gasteiger charge is 2.10. The Labute approximate surface area is 97.7 Å². The molecule has 0 fully saturated rings. The van der Waals surface area contributed by atoms with E-state index in [-0.39, 0.29) is 0 Å². The summed E-state index contributed by atoms with van der Waals surface area (Å²) in [6, 6.07) is 0. The van der Waals surface area contributed by atoms with Gasteiger partial charge in [0, 0.05) is 6.42 Å². The first-order valence-corrected chi connectivity index (χ1v) is 7.06. The van der Waals surface area contributed by atoms with Crippen molar-refractivity contribution in [3.8, 4) is 0 Å². The fourth-order valence-electron chi connectivity index (χ4n) is 1.84. The summed E-state index contributed by atoms with van der Waals surface area (Å²) in [5, 5.41) is 0. The number of nitrogens with zero attached hydrogens (tertiary/aromatic N) is 2. The van der Waals surface area contributed by atoms with E-state index in [1.807, 2.05) is 11.8 Å². The van der Waals surface area contributed by atoms with Crippen LogP contribution in [0.1, 0.15) is 32.5 Å². The molecule has 0 aliphatic carbocycles. The smallest absolute Gasteiger partial charge is 0.237 e. The Kier molecular flexibility index (Phi) is 5.84. The van der Waals surface area contributed by atoms with Gasteiger partial charge in [0.2, 0.25) is 0 Å². The minimum absolute atomic E-state index is 1.12. The molecule has 3 heteroatoms. The average Bonchev–Trinajstić information content (AvgIpc) is 2.59. The van der Waals surface area contributed by atoms with Crippen molar-refractivity contribution < 1.29 is 4.57 Å². The van der Waals surface area contributed by atoms with Crippen LogP contribution < -0.4 is 4.57 Å². The van der Waals surface area contributed by atoms with Crippen molar-refractivity contribution in [2.75, 3.05) is 11.5 Å². The maximum atomic E-state index is 2.39. The Hall–Kier alpha value is -0.440. The Bertz CT molecular complexity index is 281. The molecular weight excluding hydrogens is 204 g/mol. The van der Waals surface area contributed by atoms with Gasteiger partial charge in [0.05, 0.1) is 13.6 Å². The zero-order valence-electron chi connectivity index (χ0n) is 10.2. The number of hydrogen-bond acceptors (Lipinski definition) is 1. The fraction of sp³-hybridized carbons (Fsp3) is 0.750. The van der Waals surface area contributed by atoms with E-state index in [9.17, 15) is 0 Å². The largest absolute Gasteiger partial charge is 0.255 e. The van der Waals surface area contributed by atoms with Gasteiger partial charge in [-0.15, -0.1) is 0 Å². The topological polar surface area (TPSA) is 8.81 Å². The van der Waals surface area contributed by atoms with Gasteiger partial charge < -0.3 is 0 Å². The second-order valence-electron chi connectivity index (χ2n) is 3.78. The first kappa shape index (κ1) is 12.6. The van der Waals surface area contributed by atoms with Crippen LogP contribution in [0.4, 0.5) is 0 Å². The van der Waals surface area contributed by atoms with Crippen molar-refractivity contribution in [3.05, 3.63) is 18.2 Å². The summed E-state index contributed by atoms with van der Waals surface area (Å²) in [4.78, 5) is 0. The number of hydrogen-bond donors (Lipinski definition) is 0. The highest BCUT2D eigenvalue weighted by molar-refractivity contribution is 7.99. The second-order valence-corrected chi connectivity index (χ2v) is 5.17. The lowest BCUT2D eigenvalue weighted by molar-refractivity contribution is -0.678. The van der Waals surface area contributed by atoms with Gasteiger partial charge in [0.25, 0.3) is 5.82 Å². The first-order valence-electron chi connectivity index (χ1n) is 5.91. The van der Waals surface area contributed by atoms with Crippen molar-refractivity contribution in [3.63, 3.8) is 0 Å². The Morgan fingerprint density at radius 3 is 2.80 bits per heavy atom. The molecule has 86 valence electrons. The standard InChI is InChI=1S/C12H23N2S/c1-4-12-13(3)9-10-14(12)8-6-7-11-15-5-2/h9-10H,4-8,11H2,1-3H3/q+1. The Balaban J connectivity index is 2.30. The average molecular weight is 227 g/mol. The molecule has 0 saturated heterocycles. The molecule has 0 unspecified atom stereocenters. The highest BCUT2D eigenvalue weighted by Crippen LogP contribution is 2.06. The van der Waals surface area contributed by atoms with Crippen LogP contribution in [-0.4, -0.2) is 16.1 Å². The fourth-order valence-corrected chi connectivity index (χ4v) is 2.54. The molecule has 0 radical (unpaired) electrons. The van der Waals surface area contributed by atoms with Crippen LogP contribution in [0.2, 0.25) is 0 Å². The van der Waals surface area contributed by atoms with Gasteiger partial charge in [-0.25, -0.2) is 9.13 Å². The van der Waals surface area contributed by atoms with Crippen molar-refractivity contribution in [2.45, 2.75) is 39.7 Å². The zero-order chi connectivity index (χ0) is 11.1. The Morgan fingerprint density at radius 1 is 1.33 bits per heavy atom. The molecule has 0 atom stereocenters. The summed E-state index contributed by atoms with van der Waals surface area (Å²) in [5.74, 6) is 3.99. The molecule has 1 aromatic heterocycles. The van der Waals surface area contributed by atoms with E-state index in [1.54, 1.807) is 0 Å². The van der Waals surface area contributed by atoms with Gasteiger partial charge in [-0.2, -0.15) is 11.8 Å². The van der Waals surface area contributed by atoms with Gasteiger partial charge in [-0.1, -0.05) is 13.8 Å². The van der Waals surface area contributed by atoms with Crippen molar-refractivity contribution in [1.82, 2.24) is 4.57 Å². The van der Waals surface area contributed by atoms with E-state index in [0.717, 1.165) is 6.42 Å². The summed E-state index contributed by atoms with van der Waals surface area (Å²) in [6.07, 6.45) is 8.11.